The molecule has 1 amide bonds. The van der Waals surface area contributed by atoms with Crippen molar-refractivity contribution >= 4 is 40.1 Å². The van der Waals surface area contributed by atoms with E-state index in [1.54, 1.807) is 11.8 Å². The number of carbonyl (C=O) groups excluding carboxylic acids is 1. The number of hydrogen-bond donors (Lipinski definition) is 0. The van der Waals surface area contributed by atoms with E-state index in [4.69, 9.17) is 0 Å². The van der Waals surface area contributed by atoms with Crippen LogP contribution >= 0.6 is 23.5 Å². The van der Waals surface area contributed by atoms with E-state index in [2.05, 4.69) is 30.9 Å². The molecule has 0 atom stereocenters. The second kappa shape index (κ2) is 8.10. The lowest BCUT2D eigenvalue weighted by molar-refractivity contribution is 0.266. The summed E-state index contributed by atoms with van der Waals surface area (Å²) in [5.41, 5.74) is 1.98. The molecule has 0 spiro atoms. The van der Waals surface area contributed by atoms with Crippen molar-refractivity contribution in [3.05, 3.63) is 48.5 Å². The molecule has 0 bridgehead atoms. The van der Waals surface area contributed by atoms with Crippen LogP contribution < -0.4 is 4.90 Å². The molecule has 1 aliphatic rings. The van der Waals surface area contributed by atoms with Gasteiger partial charge in [-0.3, -0.25) is 9.69 Å². The molecule has 0 radical (unpaired) electrons. The number of fused-ring (bicyclic) bond motifs is 2. The van der Waals surface area contributed by atoms with Crippen LogP contribution in [0.2, 0.25) is 0 Å². The van der Waals surface area contributed by atoms with E-state index in [0.717, 1.165) is 46.6 Å². The molecule has 1 heterocycles. The highest BCUT2D eigenvalue weighted by molar-refractivity contribution is 8.14. The molecular weight excluding hydrogens is 336 g/mol. The Labute approximate surface area is 152 Å². The van der Waals surface area contributed by atoms with E-state index in [1.807, 2.05) is 41.3 Å². The summed E-state index contributed by atoms with van der Waals surface area (Å²) in [6.45, 7) is 7.30. The predicted octanol–water partition coefficient (Wildman–Crippen LogP) is 5.48. The van der Waals surface area contributed by atoms with Gasteiger partial charge in [-0.1, -0.05) is 61.6 Å². The quantitative estimate of drug-likeness (QED) is 0.706. The molecule has 2 aromatic carbocycles. The molecule has 3 rings (SSSR count). The zero-order valence-corrected chi connectivity index (χ0v) is 15.7. The molecule has 0 fully saturated rings. The molecule has 126 valence electrons. The van der Waals surface area contributed by atoms with Crippen LogP contribution in [-0.2, 0) is 0 Å². The van der Waals surface area contributed by atoms with Gasteiger partial charge in [-0.25, -0.2) is 0 Å². The molecule has 24 heavy (non-hydrogen) atoms. The number of nitrogens with zero attached hydrogens (tertiary/aromatic N) is 2. The van der Waals surface area contributed by atoms with Gasteiger partial charge in [0.25, 0.3) is 5.24 Å². The van der Waals surface area contributed by atoms with E-state index in [-0.39, 0.29) is 5.24 Å². The Morgan fingerprint density at radius 3 is 2.08 bits per heavy atom. The van der Waals surface area contributed by atoms with Crippen LogP contribution in [0.15, 0.2) is 58.3 Å². The third-order valence-corrected chi connectivity index (χ3v) is 6.09. The minimum Gasteiger partial charge on any atom is -0.303 e. The predicted molar refractivity (Wildman–Crippen MR) is 105 cm³/mol. The number of benzene rings is 2. The van der Waals surface area contributed by atoms with Crippen molar-refractivity contribution < 1.29 is 4.79 Å². The molecule has 2 aromatic rings. The van der Waals surface area contributed by atoms with Crippen molar-refractivity contribution in [3.8, 4) is 0 Å². The minimum atomic E-state index is 0.0994. The molecule has 1 aliphatic heterocycles. The number of rotatable bonds is 5. The second-order valence-corrected chi connectivity index (χ2v) is 7.64. The smallest absolute Gasteiger partial charge is 0.290 e. The zero-order valence-electron chi connectivity index (χ0n) is 14.1. The van der Waals surface area contributed by atoms with Crippen LogP contribution in [-0.4, -0.2) is 35.5 Å². The molecule has 3 nitrogen and oxygen atoms in total. The Morgan fingerprint density at radius 2 is 1.54 bits per heavy atom. The standard InChI is InChI=1S/C19H22N2OS2/c1-3-20(4-2)13-14-23-19(22)21-15-9-5-7-11-17(15)24-18-12-8-6-10-16(18)21/h5-12H,3-4,13-14H2,1-2H3. The van der Waals surface area contributed by atoms with Crippen molar-refractivity contribution in [1.29, 1.82) is 0 Å². The average Bonchev–Trinajstić information content (AvgIpc) is 2.63. The maximum atomic E-state index is 12.9. The van der Waals surface area contributed by atoms with E-state index < -0.39 is 0 Å². The van der Waals surface area contributed by atoms with Gasteiger partial charge in [0.2, 0.25) is 0 Å². The van der Waals surface area contributed by atoms with Crippen LogP contribution in [0, 0.1) is 0 Å². The molecule has 0 aliphatic carbocycles. The summed E-state index contributed by atoms with van der Waals surface area (Å²) in [7, 11) is 0. The first-order valence-electron chi connectivity index (χ1n) is 8.29. The number of carbonyl (C=O) groups is 1. The van der Waals surface area contributed by atoms with Crippen LogP contribution in [0.4, 0.5) is 16.2 Å². The summed E-state index contributed by atoms with van der Waals surface area (Å²) in [5.74, 6) is 0.814. The normalized spacial score (nSPS) is 12.9. The van der Waals surface area contributed by atoms with Gasteiger partial charge in [-0.05, 0) is 37.4 Å². The fraction of sp³-hybridized carbons (Fsp3) is 0.316. The molecule has 0 aromatic heterocycles. The van der Waals surface area contributed by atoms with E-state index in [9.17, 15) is 4.79 Å². The van der Waals surface area contributed by atoms with Crippen LogP contribution in [0.25, 0.3) is 0 Å². The van der Waals surface area contributed by atoms with Crippen LogP contribution in [0.3, 0.4) is 0 Å². The summed E-state index contributed by atoms with van der Waals surface area (Å²) in [5, 5.41) is 0.0994. The average molecular weight is 359 g/mol. The Kier molecular flexibility index (Phi) is 5.87. The fourth-order valence-electron chi connectivity index (χ4n) is 2.77. The van der Waals surface area contributed by atoms with Gasteiger partial charge in [-0.15, -0.1) is 0 Å². The first kappa shape index (κ1) is 17.4. The molecular formula is C19H22N2OS2. The summed E-state index contributed by atoms with van der Waals surface area (Å²) in [4.78, 5) is 19.4. The molecule has 0 N–H and O–H groups in total. The summed E-state index contributed by atoms with van der Waals surface area (Å²) < 4.78 is 0. The first-order valence-corrected chi connectivity index (χ1v) is 10.1. The SMILES string of the molecule is CCN(CC)CCSC(=O)N1c2ccccc2Sc2ccccc21. The van der Waals surface area contributed by atoms with Gasteiger partial charge in [-0.2, -0.15) is 0 Å². The van der Waals surface area contributed by atoms with Crippen LogP contribution in [0.5, 0.6) is 0 Å². The van der Waals surface area contributed by atoms with Crippen molar-refractivity contribution in [2.75, 3.05) is 30.3 Å². The fourth-order valence-corrected chi connectivity index (χ4v) is 4.68. The zero-order chi connectivity index (χ0) is 16.9. The topological polar surface area (TPSA) is 23.6 Å². The second-order valence-electron chi connectivity index (χ2n) is 5.51. The number of para-hydroxylation sites is 2. The highest BCUT2D eigenvalue weighted by Crippen LogP contribution is 2.48. The van der Waals surface area contributed by atoms with E-state index >= 15 is 0 Å². The lowest BCUT2D eigenvalue weighted by Gasteiger charge is -2.30. The maximum absolute atomic E-state index is 12.9. The van der Waals surface area contributed by atoms with Gasteiger partial charge in [0.15, 0.2) is 0 Å². The van der Waals surface area contributed by atoms with Gasteiger partial charge < -0.3 is 4.90 Å². The van der Waals surface area contributed by atoms with Gasteiger partial charge in [0, 0.05) is 22.1 Å². The molecule has 0 unspecified atom stereocenters. The Balaban J connectivity index is 1.80. The molecule has 5 heteroatoms. The highest BCUT2D eigenvalue weighted by Gasteiger charge is 2.27. The lowest BCUT2D eigenvalue weighted by atomic mass is 10.2. The van der Waals surface area contributed by atoms with Crippen molar-refractivity contribution in [3.63, 3.8) is 0 Å². The third-order valence-electron chi connectivity index (χ3n) is 4.14. The summed E-state index contributed by atoms with van der Waals surface area (Å²) in [6, 6.07) is 16.3. The summed E-state index contributed by atoms with van der Waals surface area (Å²) >= 11 is 3.13. The number of hydrogen-bond acceptors (Lipinski definition) is 4. The Hall–Kier alpha value is -1.43. The lowest BCUT2D eigenvalue weighted by Crippen LogP contribution is -2.28. The highest BCUT2D eigenvalue weighted by atomic mass is 32.2. The van der Waals surface area contributed by atoms with E-state index in [1.165, 1.54) is 11.8 Å². The van der Waals surface area contributed by atoms with Crippen molar-refractivity contribution in [2.45, 2.75) is 23.6 Å². The van der Waals surface area contributed by atoms with Crippen molar-refractivity contribution in [2.24, 2.45) is 0 Å². The monoisotopic (exact) mass is 358 g/mol. The largest absolute Gasteiger partial charge is 0.303 e. The Bertz CT molecular complexity index is 671. The van der Waals surface area contributed by atoms with E-state index in [0.29, 0.717) is 0 Å². The van der Waals surface area contributed by atoms with Crippen molar-refractivity contribution in [1.82, 2.24) is 4.90 Å². The maximum Gasteiger partial charge on any atom is 0.290 e. The van der Waals surface area contributed by atoms with Gasteiger partial charge >= 0.3 is 0 Å². The third kappa shape index (κ3) is 3.63. The molecule has 0 saturated carbocycles. The number of anilines is 2. The minimum absolute atomic E-state index is 0.0994. The van der Waals surface area contributed by atoms with Crippen LogP contribution in [0.1, 0.15) is 13.8 Å². The van der Waals surface area contributed by atoms with Gasteiger partial charge in [0.1, 0.15) is 0 Å². The number of amides is 1. The number of thioether (sulfide) groups is 1. The summed E-state index contributed by atoms with van der Waals surface area (Å²) in [6.07, 6.45) is 0. The van der Waals surface area contributed by atoms with Gasteiger partial charge in [0.05, 0.1) is 11.4 Å². The first-order chi connectivity index (χ1) is 11.7. The molecule has 0 saturated heterocycles. The Morgan fingerprint density at radius 1 is 1.00 bits per heavy atom.